The number of alkyl carbamates (subject to hydrolysis) is 1. The number of amides is 3. The van der Waals surface area contributed by atoms with E-state index in [0.717, 1.165) is 5.56 Å². The van der Waals surface area contributed by atoms with Gasteiger partial charge in [-0.2, -0.15) is 0 Å². The second-order valence-corrected chi connectivity index (χ2v) is 7.63. The summed E-state index contributed by atoms with van der Waals surface area (Å²) in [5, 5.41) is 8.16. The molecule has 3 N–H and O–H groups in total. The van der Waals surface area contributed by atoms with Gasteiger partial charge in [0.05, 0.1) is 6.04 Å². The molecule has 0 spiro atoms. The minimum absolute atomic E-state index is 0.0409. The Balaban J connectivity index is 1.91. The van der Waals surface area contributed by atoms with Crippen molar-refractivity contribution >= 4 is 17.9 Å². The van der Waals surface area contributed by atoms with Crippen LogP contribution >= 0.6 is 0 Å². The predicted octanol–water partition coefficient (Wildman–Crippen LogP) is 1.97. The minimum atomic E-state index is -0.772. The van der Waals surface area contributed by atoms with Crippen molar-refractivity contribution in [2.45, 2.75) is 51.8 Å². The SMILES string of the molecule is C#C[C@H](C[C@@H]1CCNC1=O)NC(=O)[C@H](CC(C)C)NC(=O)OCc1ccccc1. The Morgan fingerprint density at radius 2 is 2.00 bits per heavy atom. The number of rotatable bonds is 9. The molecule has 1 saturated heterocycles. The van der Waals surface area contributed by atoms with Crippen molar-refractivity contribution in [3.05, 3.63) is 35.9 Å². The molecule has 29 heavy (non-hydrogen) atoms. The van der Waals surface area contributed by atoms with E-state index in [-0.39, 0.29) is 30.3 Å². The monoisotopic (exact) mass is 399 g/mol. The third-order valence-corrected chi connectivity index (χ3v) is 4.73. The van der Waals surface area contributed by atoms with Gasteiger partial charge < -0.3 is 20.7 Å². The van der Waals surface area contributed by atoms with Crippen LogP contribution in [-0.2, 0) is 20.9 Å². The molecule has 156 valence electrons. The van der Waals surface area contributed by atoms with Crippen molar-refractivity contribution in [2.75, 3.05) is 6.54 Å². The fourth-order valence-corrected chi connectivity index (χ4v) is 3.21. The number of terminal acetylenes is 1. The summed E-state index contributed by atoms with van der Waals surface area (Å²) in [4.78, 5) is 36.7. The van der Waals surface area contributed by atoms with Crippen LogP contribution in [0.4, 0.5) is 4.79 Å². The van der Waals surface area contributed by atoms with Gasteiger partial charge in [-0.05, 0) is 30.7 Å². The fraction of sp³-hybridized carbons (Fsp3) is 0.500. The summed E-state index contributed by atoms with van der Waals surface area (Å²) in [7, 11) is 0. The molecule has 1 aliphatic rings. The summed E-state index contributed by atoms with van der Waals surface area (Å²) in [5.74, 6) is 2.08. The van der Waals surface area contributed by atoms with Gasteiger partial charge >= 0.3 is 6.09 Å². The fourth-order valence-electron chi connectivity index (χ4n) is 3.21. The van der Waals surface area contributed by atoms with E-state index in [2.05, 4.69) is 21.9 Å². The molecule has 1 aromatic carbocycles. The van der Waals surface area contributed by atoms with Gasteiger partial charge in [0.2, 0.25) is 11.8 Å². The van der Waals surface area contributed by atoms with Gasteiger partial charge in [-0.1, -0.05) is 50.1 Å². The molecule has 3 atom stereocenters. The first-order chi connectivity index (χ1) is 13.9. The Kier molecular flexibility index (Phi) is 8.53. The van der Waals surface area contributed by atoms with E-state index in [4.69, 9.17) is 11.2 Å². The van der Waals surface area contributed by atoms with Crippen LogP contribution in [-0.4, -0.2) is 36.5 Å². The van der Waals surface area contributed by atoms with Gasteiger partial charge in [0.25, 0.3) is 0 Å². The van der Waals surface area contributed by atoms with Crippen molar-refractivity contribution in [3.63, 3.8) is 0 Å². The maximum Gasteiger partial charge on any atom is 0.408 e. The Hall–Kier alpha value is -3.01. The van der Waals surface area contributed by atoms with Crippen LogP contribution in [0, 0.1) is 24.2 Å². The molecule has 7 nitrogen and oxygen atoms in total. The Bertz CT molecular complexity index is 742. The van der Waals surface area contributed by atoms with Gasteiger partial charge in [0.15, 0.2) is 0 Å². The highest BCUT2D eigenvalue weighted by atomic mass is 16.5. The second kappa shape index (κ2) is 11.1. The zero-order chi connectivity index (χ0) is 21.2. The molecule has 0 aliphatic carbocycles. The zero-order valence-corrected chi connectivity index (χ0v) is 16.9. The average Bonchev–Trinajstić information content (AvgIpc) is 3.10. The second-order valence-electron chi connectivity index (χ2n) is 7.63. The number of hydrogen-bond acceptors (Lipinski definition) is 4. The third-order valence-electron chi connectivity index (χ3n) is 4.73. The molecule has 7 heteroatoms. The van der Waals surface area contributed by atoms with E-state index in [9.17, 15) is 14.4 Å². The topological polar surface area (TPSA) is 96.5 Å². The van der Waals surface area contributed by atoms with Crippen molar-refractivity contribution in [2.24, 2.45) is 11.8 Å². The number of carbonyl (C=O) groups excluding carboxylic acids is 3. The molecule has 0 aromatic heterocycles. The Labute approximate surface area is 172 Å². The highest BCUT2D eigenvalue weighted by Gasteiger charge is 2.29. The van der Waals surface area contributed by atoms with Crippen molar-refractivity contribution in [1.29, 1.82) is 0 Å². The molecule has 0 saturated carbocycles. The summed E-state index contributed by atoms with van der Waals surface area (Å²) in [6.07, 6.45) is 6.40. The molecule has 1 heterocycles. The minimum Gasteiger partial charge on any atom is -0.445 e. The summed E-state index contributed by atoms with van der Waals surface area (Å²) >= 11 is 0. The van der Waals surface area contributed by atoms with Crippen LogP contribution in [0.5, 0.6) is 0 Å². The van der Waals surface area contributed by atoms with Gasteiger partial charge in [0, 0.05) is 12.5 Å². The van der Waals surface area contributed by atoms with Gasteiger partial charge in [-0.3, -0.25) is 9.59 Å². The van der Waals surface area contributed by atoms with Gasteiger partial charge in [-0.15, -0.1) is 6.42 Å². The van der Waals surface area contributed by atoms with Crippen molar-refractivity contribution < 1.29 is 19.1 Å². The standard InChI is InChI=1S/C22H29N3O4/c1-4-18(13-17-10-11-23-20(17)26)24-21(27)19(12-15(2)3)25-22(28)29-14-16-8-6-5-7-9-16/h1,5-9,15,17-19H,10-14H2,2-3H3,(H,23,26)(H,24,27)(H,25,28)/t17-,18+,19-/m0/s1. The van der Waals surface area contributed by atoms with Gasteiger partial charge in [-0.25, -0.2) is 4.79 Å². The predicted molar refractivity (Wildman–Crippen MR) is 110 cm³/mol. The van der Waals surface area contributed by atoms with E-state index in [1.54, 1.807) is 0 Å². The lowest BCUT2D eigenvalue weighted by Gasteiger charge is -2.23. The average molecular weight is 399 g/mol. The molecule has 0 radical (unpaired) electrons. The van der Waals surface area contributed by atoms with E-state index >= 15 is 0 Å². The highest BCUT2D eigenvalue weighted by molar-refractivity contribution is 5.86. The Morgan fingerprint density at radius 1 is 1.28 bits per heavy atom. The van der Waals surface area contributed by atoms with Crippen LogP contribution in [0.15, 0.2) is 30.3 Å². The number of benzene rings is 1. The summed E-state index contributed by atoms with van der Waals surface area (Å²) < 4.78 is 5.22. The molecule has 0 unspecified atom stereocenters. The smallest absolute Gasteiger partial charge is 0.408 e. The van der Waals surface area contributed by atoms with Gasteiger partial charge in [0.1, 0.15) is 12.6 Å². The zero-order valence-electron chi connectivity index (χ0n) is 16.9. The first-order valence-electron chi connectivity index (χ1n) is 9.90. The lowest BCUT2D eigenvalue weighted by molar-refractivity contribution is -0.125. The third kappa shape index (κ3) is 7.49. The van der Waals surface area contributed by atoms with E-state index < -0.39 is 18.2 Å². The van der Waals surface area contributed by atoms with Crippen molar-refractivity contribution in [1.82, 2.24) is 16.0 Å². The summed E-state index contributed by atoms with van der Waals surface area (Å²) in [5.41, 5.74) is 0.856. The molecule has 2 rings (SSSR count). The van der Waals surface area contributed by atoms with Crippen LogP contribution in [0.3, 0.4) is 0 Å². The summed E-state index contributed by atoms with van der Waals surface area (Å²) in [6.45, 7) is 4.66. The summed E-state index contributed by atoms with van der Waals surface area (Å²) in [6, 6.07) is 7.94. The number of carbonyl (C=O) groups is 3. The molecule has 3 amide bonds. The van der Waals surface area contributed by atoms with Crippen LogP contribution < -0.4 is 16.0 Å². The molecular weight excluding hydrogens is 370 g/mol. The largest absolute Gasteiger partial charge is 0.445 e. The van der Waals surface area contributed by atoms with Crippen LogP contribution in [0.25, 0.3) is 0 Å². The van der Waals surface area contributed by atoms with E-state index in [1.165, 1.54) is 0 Å². The maximum atomic E-state index is 12.7. The molecule has 1 aliphatic heterocycles. The first-order valence-corrected chi connectivity index (χ1v) is 9.90. The van der Waals surface area contributed by atoms with Crippen LogP contribution in [0.1, 0.15) is 38.7 Å². The Morgan fingerprint density at radius 3 is 2.59 bits per heavy atom. The van der Waals surface area contributed by atoms with E-state index in [0.29, 0.717) is 25.8 Å². The molecule has 1 fully saturated rings. The molecular formula is C22H29N3O4. The number of hydrogen-bond donors (Lipinski definition) is 3. The number of nitrogens with one attached hydrogen (secondary N) is 3. The molecule has 1 aromatic rings. The normalized spacial score (nSPS) is 17.7. The van der Waals surface area contributed by atoms with Crippen LogP contribution in [0.2, 0.25) is 0 Å². The quantitative estimate of drug-likeness (QED) is 0.553. The lowest BCUT2D eigenvalue weighted by Crippen LogP contribution is -2.50. The first kappa shape index (κ1) is 22.3. The van der Waals surface area contributed by atoms with Crippen molar-refractivity contribution in [3.8, 4) is 12.3 Å². The highest BCUT2D eigenvalue weighted by Crippen LogP contribution is 2.16. The number of ether oxygens (including phenoxy) is 1. The molecule has 0 bridgehead atoms. The maximum absolute atomic E-state index is 12.7. The van der Waals surface area contributed by atoms with E-state index in [1.807, 2.05) is 44.2 Å². The lowest BCUT2D eigenvalue weighted by atomic mass is 9.97.